The van der Waals surface area contributed by atoms with Crippen molar-refractivity contribution in [3.8, 4) is 28.4 Å². The van der Waals surface area contributed by atoms with Crippen LogP contribution in [-0.2, 0) is 17.4 Å². The molecule has 2 aliphatic heterocycles. The molecule has 2 aliphatic rings. The fraction of sp³-hybridized carbons (Fsp3) is 0.414. The molecule has 1 unspecified atom stereocenters. The van der Waals surface area contributed by atoms with Crippen LogP contribution < -0.4 is 24.8 Å². The van der Waals surface area contributed by atoms with Crippen molar-refractivity contribution in [2.45, 2.75) is 25.1 Å². The van der Waals surface area contributed by atoms with E-state index in [2.05, 4.69) is 5.10 Å². The van der Waals surface area contributed by atoms with Gasteiger partial charge in [-0.2, -0.15) is 23.0 Å². The van der Waals surface area contributed by atoms with Gasteiger partial charge in [0.05, 0.1) is 43.8 Å². The average Bonchev–Trinajstić information content (AvgIpc) is 3.58. The van der Waals surface area contributed by atoms with Crippen molar-refractivity contribution in [3.05, 3.63) is 57.9 Å². The zero-order valence-corrected chi connectivity index (χ0v) is 23.7. The zero-order valence-electron chi connectivity index (χ0n) is 23.7. The summed E-state index contributed by atoms with van der Waals surface area (Å²) in [5, 5.41) is 14.6. The molecule has 3 heterocycles. The van der Waals surface area contributed by atoms with Gasteiger partial charge in [-0.1, -0.05) is 0 Å². The molecule has 0 bridgehead atoms. The van der Waals surface area contributed by atoms with Crippen LogP contribution in [0.25, 0.3) is 16.9 Å². The van der Waals surface area contributed by atoms with E-state index >= 15 is 0 Å². The zero-order chi connectivity index (χ0) is 30.3. The first-order valence-corrected chi connectivity index (χ1v) is 13.4. The fourth-order valence-corrected chi connectivity index (χ4v) is 5.38. The van der Waals surface area contributed by atoms with Crippen molar-refractivity contribution in [3.63, 3.8) is 0 Å². The summed E-state index contributed by atoms with van der Waals surface area (Å²) < 4.78 is 54.7. The van der Waals surface area contributed by atoms with Gasteiger partial charge in [0.15, 0.2) is 0 Å². The summed E-state index contributed by atoms with van der Waals surface area (Å²) in [7, 11) is 6.13. The van der Waals surface area contributed by atoms with Crippen molar-refractivity contribution >= 4 is 17.3 Å². The molecule has 5 rings (SSSR count). The van der Waals surface area contributed by atoms with Crippen molar-refractivity contribution in [2.75, 3.05) is 64.3 Å². The predicted octanol–water partition coefficient (Wildman–Crippen LogP) is 2.96. The summed E-state index contributed by atoms with van der Waals surface area (Å²) in [6.45, 7) is 0.889. The number of carbonyl (C=O) groups is 1. The van der Waals surface area contributed by atoms with Crippen molar-refractivity contribution < 1.29 is 32.5 Å². The van der Waals surface area contributed by atoms with Gasteiger partial charge in [0, 0.05) is 56.6 Å². The molecule has 13 heteroatoms. The van der Waals surface area contributed by atoms with Crippen LogP contribution in [0.3, 0.4) is 0 Å². The summed E-state index contributed by atoms with van der Waals surface area (Å²) in [6, 6.07) is 8.52. The van der Waals surface area contributed by atoms with Crippen LogP contribution in [0.4, 0.5) is 24.5 Å². The number of aliphatic hydroxyl groups is 1. The first kappa shape index (κ1) is 29.2. The highest BCUT2D eigenvalue weighted by Gasteiger charge is 2.37. The molecule has 0 radical (unpaired) electrons. The number of alkyl halides is 3. The molecule has 1 fully saturated rings. The van der Waals surface area contributed by atoms with Crippen LogP contribution in [0.15, 0.2) is 41.2 Å². The van der Waals surface area contributed by atoms with E-state index in [9.17, 15) is 27.9 Å². The number of rotatable bonds is 7. The van der Waals surface area contributed by atoms with Gasteiger partial charge < -0.3 is 29.3 Å². The van der Waals surface area contributed by atoms with Gasteiger partial charge >= 0.3 is 6.18 Å². The minimum Gasteiger partial charge on any atom is -0.497 e. The Morgan fingerprint density at radius 3 is 2.36 bits per heavy atom. The molecule has 42 heavy (non-hydrogen) atoms. The molecule has 1 atom stereocenters. The number of amides is 1. The molecule has 1 aromatic heterocycles. The lowest BCUT2D eigenvalue weighted by Crippen LogP contribution is -2.39. The van der Waals surface area contributed by atoms with Crippen molar-refractivity contribution in [1.82, 2.24) is 14.7 Å². The van der Waals surface area contributed by atoms with E-state index in [-0.39, 0.29) is 30.4 Å². The molecule has 0 spiro atoms. The SMILES string of the molecule is COc1cc(OC)cc(-c2nn(-c3cc(N4CCC(O)C4)ccc3C(F)(F)F)c(=O)c3c2CCN3CC(=O)N(C)C)c1. The number of methoxy groups -OCH3 is 2. The number of hydrogen-bond donors (Lipinski definition) is 1. The summed E-state index contributed by atoms with van der Waals surface area (Å²) in [5.41, 5.74) is -0.442. The van der Waals surface area contributed by atoms with Gasteiger partial charge in [0.2, 0.25) is 5.91 Å². The van der Waals surface area contributed by atoms with E-state index in [1.807, 2.05) is 0 Å². The molecule has 1 amide bonds. The quantitative estimate of drug-likeness (QED) is 0.451. The van der Waals surface area contributed by atoms with Crippen LogP contribution in [-0.4, -0.2) is 86.3 Å². The van der Waals surface area contributed by atoms with E-state index in [0.29, 0.717) is 54.2 Å². The Labute approximate surface area is 240 Å². The number of ether oxygens (including phenoxy) is 2. The first-order chi connectivity index (χ1) is 19.9. The lowest BCUT2D eigenvalue weighted by molar-refractivity contribution is -0.137. The molecule has 10 nitrogen and oxygen atoms in total. The largest absolute Gasteiger partial charge is 0.497 e. The van der Waals surface area contributed by atoms with Gasteiger partial charge in [0.25, 0.3) is 5.56 Å². The predicted molar refractivity (Wildman–Crippen MR) is 151 cm³/mol. The Bertz CT molecular complexity index is 1550. The van der Waals surface area contributed by atoms with E-state index in [4.69, 9.17) is 9.47 Å². The molecular weight excluding hydrogens is 555 g/mol. The third-order valence-electron chi connectivity index (χ3n) is 7.61. The molecular formula is C29H32F3N5O5. The third-order valence-corrected chi connectivity index (χ3v) is 7.61. The number of carbonyl (C=O) groups excluding carboxylic acids is 1. The number of anilines is 2. The average molecular weight is 588 g/mol. The van der Waals surface area contributed by atoms with Gasteiger partial charge in [-0.3, -0.25) is 9.59 Å². The minimum atomic E-state index is -4.79. The number of aromatic nitrogens is 2. The number of likely N-dealkylation sites (N-methyl/N-ethyl adjacent to an activating group) is 1. The summed E-state index contributed by atoms with van der Waals surface area (Å²) in [6.07, 6.45) is -4.57. The smallest absolute Gasteiger partial charge is 0.418 e. The van der Waals surface area contributed by atoms with Crippen LogP contribution in [0.5, 0.6) is 11.5 Å². The maximum atomic E-state index is 14.4. The Kier molecular flexibility index (Phi) is 7.80. The van der Waals surface area contributed by atoms with Gasteiger partial charge in [0.1, 0.15) is 17.2 Å². The van der Waals surface area contributed by atoms with Crippen molar-refractivity contribution in [1.29, 1.82) is 0 Å². The first-order valence-electron chi connectivity index (χ1n) is 13.4. The number of fused-ring (bicyclic) bond motifs is 1. The molecule has 2 aromatic carbocycles. The number of hydrogen-bond acceptors (Lipinski definition) is 8. The highest BCUT2D eigenvalue weighted by atomic mass is 19.4. The minimum absolute atomic E-state index is 0.118. The second-order valence-corrected chi connectivity index (χ2v) is 10.5. The van der Waals surface area contributed by atoms with E-state index < -0.39 is 29.1 Å². The van der Waals surface area contributed by atoms with E-state index in [1.54, 1.807) is 42.1 Å². The molecule has 0 aliphatic carbocycles. The standard InChI is InChI=1S/C29H32F3N5O5/c1-34(2)25(39)16-36-10-8-22-26(17-11-20(41-3)14-21(12-17)42-4)33-37(28(40)27(22)36)24-13-18(35-9-7-19(38)15-35)5-6-23(24)29(30,31)32/h5-6,11-14,19,38H,7-10,15-16H2,1-4H3. The van der Waals surface area contributed by atoms with E-state index in [1.165, 1.54) is 31.3 Å². The third kappa shape index (κ3) is 5.48. The van der Waals surface area contributed by atoms with Crippen molar-refractivity contribution in [2.24, 2.45) is 0 Å². The number of benzene rings is 2. The van der Waals surface area contributed by atoms with E-state index in [0.717, 1.165) is 10.7 Å². The lowest BCUT2D eigenvalue weighted by Gasteiger charge is -2.24. The second-order valence-electron chi connectivity index (χ2n) is 10.5. The second kappa shape index (κ2) is 11.2. The summed E-state index contributed by atoms with van der Waals surface area (Å²) in [4.78, 5) is 31.5. The maximum absolute atomic E-state index is 14.4. The highest BCUT2D eigenvalue weighted by molar-refractivity contribution is 5.83. The maximum Gasteiger partial charge on any atom is 0.418 e. The van der Waals surface area contributed by atoms with Gasteiger partial charge in [-0.15, -0.1) is 0 Å². The topological polar surface area (TPSA) is 100 Å². The molecule has 224 valence electrons. The number of halogens is 3. The van der Waals surface area contributed by atoms with Crippen LogP contribution >= 0.6 is 0 Å². The Morgan fingerprint density at radius 2 is 1.79 bits per heavy atom. The molecule has 0 saturated carbocycles. The van der Waals surface area contributed by atoms with Gasteiger partial charge in [-0.05, 0) is 43.2 Å². The monoisotopic (exact) mass is 587 g/mol. The summed E-state index contributed by atoms with van der Waals surface area (Å²) in [5.74, 6) is 0.600. The number of aliphatic hydroxyl groups excluding tert-OH is 1. The highest BCUT2D eigenvalue weighted by Crippen LogP contribution is 2.39. The molecule has 1 saturated heterocycles. The summed E-state index contributed by atoms with van der Waals surface area (Å²) >= 11 is 0. The van der Waals surface area contributed by atoms with Gasteiger partial charge in [-0.25, -0.2) is 0 Å². The fourth-order valence-electron chi connectivity index (χ4n) is 5.38. The molecule has 3 aromatic rings. The normalized spacial score (nSPS) is 16.5. The Morgan fingerprint density at radius 1 is 1.10 bits per heavy atom. The molecule has 1 N–H and O–H groups in total. The Balaban J connectivity index is 1.79. The van der Waals surface area contributed by atoms with Crippen LogP contribution in [0, 0.1) is 0 Å². The number of nitrogens with zero attached hydrogens (tertiary/aromatic N) is 5. The lowest BCUT2D eigenvalue weighted by atomic mass is 10.0. The van der Waals surface area contributed by atoms with Crippen LogP contribution in [0.2, 0.25) is 0 Å². The van der Waals surface area contributed by atoms with Crippen LogP contribution in [0.1, 0.15) is 17.5 Å². The number of β-amino-alcohol motifs (C(OH)–C–C–N with tert-alkyl or cyclic N) is 1. The Hall–Kier alpha value is -4.26.